The van der Waals surface area contributed by atoms with E-state index in [1.54, 1.807) is 6.92 Å². The number of ether oxygens (including phenoxy) is 1. The second-order valence-corrected chi connectivity index (χ2v) is 12.1. The van der Waals surface area contributed by atoms with Gasteiger partial charge in [-0.1, -0.05) is 0 Å². The van der Waals surface area contributed by atoms with Crippen LogP contribution in [0.4, 0.5) is 32.2 Å². The molecule has 16 heteroatoms. The molecule has 0 spiro atoms. The molecule has 39 heavy (non-hydrogen) atoms. The quantitative estimate of drug-likeness (QED) is 0.459. The van der Waals surface area contributed by atoms with Gasteiger partial charge in [0.2, 0.25) is 0 Å². The number of hydrogen-bond acceptors (Lipinski definition) is 8. The topological polar surface area (TPSA) is 132 Å². The van der Waals surface area contributed by atoms with Gasteiger partial charge in [-0.15, -0.1) is 0 Å². The van der Waals surface area contributed by atoms with E-state index in [9.17, 15) is 35.3 Å². The summed E-state index contributed by atoms with van der Waals surface area (Å²) in [7, 11) is -3.14. The Balaban J connectivity index is 1.57. The van der Waals surface area contributed by atoms with E-state index in [0.29, 0.717) is 12.8 Å². The molecule has 0 radical (unpaired) electrons. The molecule has 0 saturated heterocycles. The standard InChI is InChI=1S/C23H24F6N6O3S/c1-21-7-2-8-32-39(21,37)12-22(10-24,35-20(21)30)17-14(25)4-6-16(33-17)34-18(36)15-5-3-13(9-31-15)38-11-23(28,29)19(26)27/h3-6,9,19H,2,7-8,10-12H2,1H3,(H2,30,35)(H,33,34,36)/t21-,22-,39?/m0/s1. The Morgan fingerprint density at radius 1 is 1.28 bits per heavy atom. The molecule has 3 N–H and O–H groups in total. The molecule has 0 aliphatic carbocycles. The van der Waals surface area contributed by atoms with Crippen molar-refractivity contribution >= 4 is 27.3 Å². The minimum atomic E-state index is -4.37. The van der Waals surface area contributed by atoms with Crippen LogP contribution in [0, 0.1) is 5.82 Å². The maximum Gasteiger partial charge on any atom is 0.340 e. The molecule has 2 aromatic rings. The monoisotopic (exact) mass is 578 g/mol. The minimum Gasteiger partial charge on any atom is -0.485 e. The maximum atomic E-state index is 15.0. The molecule has 0 fully saturated rings. The van der Waals surface area contributed by atoms with Crippen molar-refractivity contribution in [2.75, 3.05) is 30.9 Å². The average Bonchev–Trinajstić information content (AvgIpc) is 2.89. The van der Waals surface area contributed by atoms with Gasteiger partial charge in [0.1, 0.15) is 51.6 Å². The van der Waals surface area contributed by atoms with Gasteiger partial charge in [-0.25, -0.2) is 36.1 Å². The molecule has 1 amide bonds. The predicted octanol–water partition coefficient (Wildman–Crippen LogP) is 3.70. The lowest BCUT2D eigenvalue weighted by Gasteiger charge is -2.44. The van der Waals surface area contributed by atoms with E-state index in [4.69, 9.17) is 5.73 Å². The number of rotatable bonds is 8. The highest BCUT2D eigenvalue weighted by molar-refractivity contribution is 7.95. The van der Waals surface area contributed by atoms with Crippen LogP contribution < -0.4 is 15.8 Å². The average molecular weight is 579 g/mol. The molecule has 9 nitrogen and oxygen atoms in total. The second kappa shape index (κ2) is 10.3. The molecule has 212 valence electrons. The van der Waals surface area contributed by atoms with Gasteiger partial charge < -0.3 is 15.8 Å². The molecule has 2 aliphatic heterocycles. The molecule has 1 unspecified atom stereocenters. The van der Waals surface area contributed by atoms with E-state index in [-0.39, 0.29) is 29.6 Å². The molecule has 0 bridgehead atoms. The molecule has 2 aromatic heterocycles. The number of amides is 1. The first-order valence-corrected chi connectivity index (χ1v) is 13.3. The SMILES string of the molecule is C[C@@]12CCCN=S1(=O)C[C@@](CF)(c1nc(NC(=O)c3ccc(OCC(F)(F)C(F)F)cn3)ccc1F)N=C2N. The molecule has 0 saturated carbocycles. The number of fused-ring (bicyclic) bond motifs is 1. The number of nitrogens with one attached hydrogen (secondary N) is 1. The Labute approximate surface area is 219 Å². The van der Waals surface area contributed by atoms with Crippen LogP contribution in [0.5, 0.6) is 5.75 Å². The number of carbonyl (C=O) groups excluding carboxylic acids is 1. The summed E-state index contributed by atoms with van der Waals surface area (Å²) < 4.78 is 102. The third-order valence-corrected chi connectivity index (χ3v) is 9.89. The van der Waals surface area contributed by atoms with Crippen LogP contribution in [0.2, 0.25) is 0 Å². The molecule has 4 rings (SSSR count). The van der Waals surface area contributed by atoms with Gasteiger partial charge in [0.25, 0.3) is 5.91 Å². The lowest BCUT2D eigenvalue weighted by molar-refractivity contribution is -0.148. The number of alkyl halides is 5. The van der Waals surface area contributed by atoms with Crippen LogP contribution in [-0.4, -0.2) is 68.6 Å². The summed E-state index contributed by atoms with van der Waals surface area (Å²) in [5.74, 6) is -7.29. The number of hydrogen-bond donors (Lipinski definition) is 2. The van der Waals surface area contributed by atoms with Crippen LogP contribution in [0.1, 0.15) is 35.9 Å². The zero-order chi connectivity index (χ0) is 28.6. The van der Waals surface area contributed by atoms with E-state index in [1.165, 1.54) is 0 Å². The van der Waals surface area contributed by atoms with E-state index in [0.717, 1.165) is 30.5 Å². The van der Waals surface area contributed by atoms with E-state index in [1.807, 2.05) is 0 Å². The fourth-order valence-corrected chi connectivity index (χ4v) is 7.13. The lowest BCUT2D eigenvalue weighted by Crippen LogP contribution is -2.59. The fraction of sp³-hybridized carbons (Fsp3) is 0.478. The van der Waals surface area contributed by atoms with Gasteiger partial charge in [0, 0.05) is 6.54 Å². The van der Waals surface area contributed by atoms with E-state index >= 15 is 0 Å². The molecular weight excluding hydrogens is 554 g/mol. The number of halogens is 6. The summed E-state index contributed by atoms with van der Waals surface area (Å²) in [5.41, 5.74) is 3.33. The van der Waals surface area contributed by atoms with Crippen molar-refractivity contribution in [1.82, 2.24) is 9.97 Å². The fourth-order valence-electron chi connectivity index (χ4n) is 4.25. The number of aliphatic imine (C=N–C) groups is 1. The van der Waals surface area contributed by atoms with Crippen LogP contribution in [-0.2, 0) is 15.3 Å². The highest BCUT2D eigenvalue weighted by atomic mass is 32.2. The first kappa shape index (κ1) is 28.6. The van der Waals surface area contributed by atoms with Crippen molar-refractivity contribution < 1.29 is 40.1 Å². The van der Waals surface area contributed by atoms with Crippen molar-refractivity contribution in [3.63, 3.8) is 0 Å². The molecular formula is C23H24F6N6O3S. The molecule has 3 atom stereocenters. The molecule has 2 aliphatic rings. The van der Waals surface area contributed by atoms with Crippen LogP contribution in [0.25, 0.3) is 0 Å². The van der Waals surface area contributed by atoms with Gasteiger partial charge >= 0.3 is 12.3 Å². The summed E-state index contributed by atoms with van der Waals surface area (Å²) in [4.78, 5) is 24.6. The van der Waals surface area contributed by atoms with Gasteiger partial charge in [-0.2, -0.15) is 8.78 Å². The number of nitrogens with zero attached hydrogens (tertiary/aromatic N) is 4. The predicted molar refractivity (Wildman–Crippen MR) is 130 cm³/mol. The molecule has 4 heterocycles. The first-order valence-electron chi connectivity index (χ1n) is 11.6. The first-order chi connectivity index (χ1) is 18.3. The number of carbonyl (C=O) groups is 1. The Bertz CT molecular complexity index is 1420. The smallest absolute Gasteiger partial charge is 0.340 e. The Hall–Kier alpha value is -3.43. The zero-order valence-electron chi connectivity index (χ0n) is 20.5. The van der Waals surface area contributed by atoms with Gasteiger partial charge in [0.15, 0.2) is 6.61 Å². The number of aromatic nitrogens is 2. The number of amidine groups is 1. The number of nitrogens with two attached hydrogens (primary N) is 1. The van der Waals surface area contributed by atoms with E-state index < -0.39 is 68.8 Å². The minimum absolute atomic E-state index is 0.117. The summed E-state index contributed by atoms with van der Waals surface area (Å²) in [6, 6.07) is 4.15. The maximum absolute atomic E-state index is 15.0. The van der Waals surface area contributed by atoms with Crippen molar-refractivity contribution in [2.45, 2.75) is 42.4 Å². The van der Waals surface area contributed by atoms with Gasteiger partial charge in [-0.05, 0) is 44.0 Å². The third-order valence-electron chi connectivity index (χ3n) is 6.60. The third kappa shape index (κ3) is 5.25. The van der Waals surface area contributed by atoms with Crippen molar-refractivity contribution in [3.8, 4) is 5.75 Å². The summed E-state index contributed by atoms with van der Waals surface area (Å²) in [6.07, 6.45) is -2.01. The highest BCUT2D eigenvalue weighted by Crippen LogP contribution is 2.42. The number of pyridine rings is 2. The molecule has 0 aromatic carbocycles. The second-order valence-electron chi connectivity index (χ2n) is 9.34. The van der Waals surface area contributed by atoms with Crippen LogP contribution in [0.15, 0.2) is 39.8 Å². The van der Waals surface area contributed by atoms with Gasteiger partial charge in [-0.3, -0.25) is 9.79 Å². The normalized spacial score (nSPS) is 26.8. The Morgan fingerprint density at radius 2 is 2.03 bits per heavy atom. The Kier molecular flexibility index (Phi) is 7.53. The van der Waals surface area contributed by atoms with Crippen LogP contribution >= 0.6 is 0 Å². The summed E-state index contributed by atoms with van der Waals surface area (Å²) >= 11 is 0. The van der Waals surface area contributed by atoms with Crippen LogP contribution in [0.3, 0.4) is 0 Å². The van der Waals surface area contributed by atoms with Crippen molar-refractivity contribution in [1.29, 1.82) is 0 Å². The van der Waals surface area contributed by atoms with Gasteiger partial charge in [0.05, 0.1) is 21.7 Å². The number of anilines is 1. The zero-order valence-corrected chi connectivity index (χ0v) is 21.3. The summed E-state index contributed by atoms with van der Waals surface area (Å²) in [6.45, 7) is -0.970. The highest BCUT2D eigenvalue weighted by Gasteiger charge is 2.54. The van der Waals surface area contributed by atoms with Crippen molar-refractivity contribution in [3.05, 3.63) is 47.7 Å². The van der Waals surface area contributed by atoms with Crippen molar-refractivity contribution in [2.24, 2.45) is 15.1 Å². The lowest BCUT2D eigenvalue weighted by atomic mass is 9.95. The Morgan fingerprint density at radius 3 is 2.67 bits per heavy atom. The summed E-state index contributed by atoms with van der Waals surface area (Å²) in [5, 5.41) is 2.35. The largest absolute Gasteiger partial charge is 0.485 e. The van der Waals surface area contributed by atoms with E-state index in [2.05, 4.69) is 29.4 Å².